The fraction of sp³-hybridized carbons (Fsp3) is 0.304. The summed E-state index contributed by atoms with van der Waals surface area (Å²) in [6.45, 7) is 1.33. The monoisotopic (exact) mass is 447 g/mol. The first-order chi connectivity index (χ1) is 16.1. The number of H-pyrrole nitrogens is 2. The summed E-state index contributed by atoms with van der Waals surface area (Å²) in [5, 5.41) is 10.4. The van der Waals surface area contributed by atoms with Crippen molar-refractivity contribution in [1.82, 2.24) is 30.5 Å². The Morgan fingerprint density at radius 2 is 1.97 bits per heavy atom. The Morgan fingerprint density at radius 1 is 1.18 bits per heavy atom. The van der Waals surface area contributed by atoms with Crippen LogP contribution >= 0.6 is 0 Å². The Bertz CT molecular complexity index is 1250. The Kier molecular flexibility index (Phi) is 5.66. The molecular weight excluding hydrogens is 422 g/mol. The van der Waals surface area contributed by atoms with E-state index in [4.69, 9.17) is 19.4 Å². The van der Waals surface area contributed by atoms with Gasteiger partial charge >= 0.3 is 0 Å². The SMILES string of the molecule is CNC(=O)c1ccc(-c2c[nH]c3nc(N(C)c4ccn[nH]4)nc(OC4CCOCC4)c23)cc1. The van der Waals surface area contributed by atoms with Crippen LogP contribution in [0.3, 0.4) is 0 Å². The van der Waals surface area contributed by atoms with Crippen molar-refractivity contribution in [1.29, 1.82) is 0 Å². The zero-order valence-electron chi connectivity index (χ0n) is 18.5. The predicted molar refractivity (Wildman–Crippen MR) is 124 cm³/mol. The van der Waals surface area contributed by atoms with Gasteiger partial charge in [-0.05, 0) is 17.7 Å². The standard InChI is InChI=1S/C23H25N7O3/c1-24-21(31)15-5-3-14(4-6-15)17-13-25-20-19(17)22(33-16-8-11-32-12-9-16)28-23(27-20)30(2)18-7-10-26-29-18/h3-7,10,13,16H,8-9,11-12H2,1-2H3,(H,24,31)(H,26,29)(H,25,27,28). The maximum Gasteiger partial charge on any atom is 0.251 e. The molecule has 0 radical (unpaired) electrons. The number of nitrogens with zero attached hydrogens (tertiary/aromatic N) is 4. The molecule has 3 N–H and O–H groups in total. The van der Waals surface area contributed by atoms with Gasteiger partial charge in [-0.1, -0.05) is 12.1 Å². The number of aromatic nitrogens is 5. The van der Waals surface area contributed by atoms with E-state index in [9.17, 15) is 4.79 Å². The van der Waals surface area contributed by atoms with Gasteiger partial charge in [-0.25, -0.2) is 0 Å². The van der Waals surface area contributed by atoms with Crippen LogP contribution in [0.25, 0.3) is 22.2 Å². The quantitative estimate of drug-likeness (QED) is 0.415. The van der Waals surface area contributed by atoms with Gasteiger partial charge in [0.25, 0.3) is 5.91 Å². The molecule has 1 aliphatic rings. The van der Waals surface area contributed by atoms with Crippen molar-refractivity contribution < 1.29 is 14.3 Å². The molecule has 0 unspecified atom stereocenters. The topological polar surface area (TPSA) is 121 Å². The molecule has 1 aromatic carbocycles. The van der Waals surface area contributed by atoms with Crippen molar-refractivity contribution >= 4 is 28.7 Å². The molecule has 10 heteroatoms. The first kappa shape index (κ1) is 21.0. The van der Waals surface area contributed by atoms with Crippen molar-refractivity contribution in [3.63, 3.8) is 0 Å². The lowest BCUT2D eigenvalue weighted by molar-refractivity contribution is 0.0244. The van der Waals surface area contributed by atoms with Gasteiger partial charge in [-0.2, -0.15) is 15.1 Å². The number of rotatable bonds is 6. The summed E-state index contributed by atoms with van der Waals surface area (Å²) in [4.78, 5) is 26.5. The lowest BCUT2D eigenvalue weighted by Crippen LogP contribution is -2.26. The average molecular weight is 447 g/mol. The Labute approximate surface area is 190 Å². The van der Waals surface area contributed by atoms with Crippen LogP contribution in [0.5, 0.6) is 5.88 Å². The van der Waals surface area contributed by atoms with Crippen LogP contribution < -0.4 is 15.0 Å². The zero-order valence-corrected chi connectivity index (χ0v) is 18.5. The number of nitrogens with one attached hydrogen (secondary N) is 3. The lowest BCUT2D eigenvalue weighted by atomic mass is 10.0. The molecule has 33 heavy (non-hydrogen) atoms. The van der Waals surface area contributed by atoms with Crippen molar-refractivity contribution in [2.45, 2.75) is 18.9 Å². The third kappa shape index (κ3) is 4.12. The van der Waals surface area contributed by atoms with Crippen molar-refractivity contribution in [3.05, 3.63) is 48.3 Å². The normalized spacial score (nSPS) is 14.4. The summed E-state index contributed by atoms with van der Waals surface area (Å²) in [5.74, 6) is 1.64. The van der Waals surface area contributed by atoms with E-state index < -0.39 is 0 Å². The third-order valence-corrected chi connectivity index (χ3v) is 5.77. The summed E-state index contributed by atoms with van der Waals surface area (Å²) in [5.41, 5.74) is 3.11. The maximum absolute atomic E-state index is 11.9. The van der Waals surface area contributed by atoms with E-state index in [1.54, 1.807) is 25.4 Å². The van der Waals surface area contributed by atoms with Crippen LogP contribution in [-0.2, 0) is 4.74 Å². The fourth-order valence-corrected chi connectivity index (χ4v) is 3.89. The first-order valence-electron chi connectivity index (χ1n) is 10.8. The molecule has 1 amide bonds. The number of anilines is 2. The molecule has 3 aromatic heterocycles. The summed E-state index contributed by atoms with van der Waals surface area (Å²) < 4.78 is 11.9. The van der Waals surface area contributed by atoms with Gasteiger partial charge in [0.05, 0.1) is 24.8 Å². The minimum atomic E-state index is -0.126. The number of ether oxygens (including phenoxy) is 2. The fourth-order valence-electron chi connectivity index (χ4n) is 3.89. The van der Waals surface area contributed by atoms with Crippen LogP contribution in [0.2, 0.25) is 0 Å². The minimum absolute atomic E-state index is 0.0144. The lowest BCUT2D eigenvalue weighted by Gasteiger charge is -2.24. The van der Waals surface area contributed by atoms with Gasteiger partial charge in [-0.15, -0.1) is 0 Å². The molecule has 1 fully saturated rings. The highest BCUT2D eigenvalue weighted by Crippen LogP contribution is 2.36. The molecule has 0 atom stereocenters. The molecule has 1 aliphatic heterocycles. The number of carbonyl (C=O) groups is 1. The van der Waals surface area contributed by atoms with Gasteiger partial charge in [0, 0.05) is 50.3 Å². The van der Waals surface area contributed by atoms with E-state index in [1.165, 1.54) is 0 Å². The number of fused-ring (bicyclic) bond motifs is 1. The number of hydrogen-bond donors (Lipinski definition) is 3. The molecule has 0 aliphatic carbocycles. The molecular formula is C23H25N7O3. The molecule has 170 valence electrons. The largest absolute Gasteiger partial charge is 0.474 e. The molecule has 1 saturated heterocycles. The van der Waals surface area contributed by atoms with Crippen molar-refractivity contribution in [3.8, 4) is 17.0 Å². The number of aromatic amines is 2. The summed E-state index contributed by atoms with van der Waals surface area (Å²) in [6, 6.07) is 9.27. The highest BCUT2D eigenvalue weighted by Gasteiger charge is 2.23. The molecule has 0 saturated carbocycles. The molecule has 4 heterocycles. The Balaban J connectivity index is 1.58. The van der Waals surface area contributed by atoms with Crippen LogP contribution in [0.15, 0.2) is 42.7 Å². The molecule has 0 bridgehead atoms. The van der Waals surface area contributed by atoms with E-state index in [1.807, 2.05) is 36.3 Å². The highest BCUT2D eigenvalue weighted by molar-refractivity contribution is 5.99. The van der Waals surface area contributed by atoms with E-state index >= 15 is 0 Å². The van der Waals surface area contributed by atoms with Gasteiger partial charge < -0.3 is 19.8 Å². The minimum Gasteiger partial charge on any atom is -0.474 e. The summed E-state index contributed by atoms with van der Waals surface area (Å²) in [7, 11) is 3.49. The molecule has 4 aromatic rings. The third-order valence-electron chi connectivity index (χ3n) is 5.77. The molecule has 0 spiro atoms. The number of hydrogen-bond acceptors (Lipinski definition) is 7. The van der Waals surface area contributed by atoms with E-state index in [0.717, 1.165) is 35.2 Å². The Hall–Kier alpha value is -3.92. The second-order valence-corrected chi connectivity index (χ2v) is 7.84. The van der Waals surface area contributed by atoms with Gasteiger partial charge in [0.2, 0.25) is 11.8 Å². The average Bonchev–Trinajstić information content (AvgIpc) is 3.54. The first-order valence-corrected chi connectivity index (χ1v) is 10.8. The Morgan fingerprint density at radius 3 is 2.67 bits per heavy atom. The zero-order chi connectivity index (χ0) is 22.8. The summed E-state index contributed by atoms with van der Waals surface area (Å²) in [6.07, 6.45) is 5.19. The molecule has 5 rings (SSSR count). The second-order valence-electron chi connectivity index (χ2n) is 7.84. The van der Waals surface area contributed by atoms with Gasteiger partial charge in [-0.3, -0.25) is 14.8 Å². The predicted octanol–water partition coefficient (Wildman–Crippen LogP) is 3.03. The van der Waals surface area contributed by atoms with Gasteiger partial charge in [0.15, 0.2) is 0 Å². The number of amides is 1. The molecule has 10 nitrogen and oxygen atoms in total. The van der Waals surface area contributed by atoms with Crippen molar-refractivity contribution in [2.75, 3.05) is 32.2 Å². The summed E-state index contributed by atoms with van der Waals surface area (Å²) >= 11 is 0. The smallest absolute Gasteiger partial charge is 0.251 e. The number of benzene rings is 1. The highest BCUT2D eigenvalue weighted by atomic mass is 16.5. The number of carbonyl (C=O) groups excluding carboxylic acids is 1. The van der Waals surface area contributed by atoms with E-state index in [-0.39, 0.29) is 12.0 Å². The van der Waals surface area contributed by atoms with Gasteiger partial charge in [0.1, 0.15) is 17.6 Å². The van der Waals surface area contributed by atoms with Crippen molar-refractivity contribution in [2.24, 2.45) is 0 Å². The maximum atomic E-state index is 11.9. The van der Waals surface area contributed by atoms with E-state index in [2.05, 4.69) is 20.5 Å². The van der Waals surface area contributed by atoms with Crippen LogP contribution in [0.4, 0.5) is 11.8 Å². The van der Waals surface area contributed by atoms with Crippen LogP contribution in [-0.4, -0.2) is 64.5 Å². The van der Waals surface area contributed by atoms with Crippen LogP contribution in [0.1, 0.15) is 23.2 Å². The van der Waals surface area contributed by atoms with E-state index in [0.29, 0.717) is 36.3 Å². The van der Waals surface area contributed by atoms with Crippen LogP contribution in [0, 0.1) is 0 Å². The second kappa shape index (κ2) is 8.91.